The largest absolute Gasteiger partial charge is 0.366 e. The Morgan fingerprint density at radius 1 is 1.32 bits per heavy atom. The van der Waals surface area contributed by atoms with Gasteiger partial charge in [0.2, 0.25) is 0 Å². The Morgan fingerprint density at radius 3 is 2.47 bits per heavy atom. The van der Waals surface area contributed by atoms with Gasteiger partial charge in [0.05, 0.1) is 17.6 Å². The minimum atomic E-state index is 0.00259. The van der Waals surface area contributed by atoms with Crippen LogP contribution < -0.4 is 10.6 Å². The second-order valence-electron chi connectivity index (χ2n) is 6.41. The van der Waals surface area contributed by atoms with Gasteiger partial charge in [0.25, 0.3) is 0 Å². The fourth-order valence-corrected chi connectivity index (χ4v) is 2.44. The summed E-state index contributed by atoms with van der Waals surface area (Å²) < 4.78 is 0. The fraction of sp³-hybridized carbons (Fsp3) is 0.562. The monoisotopic (exact) mass is 259 g/mol. The lowest BCUT2D eigenvalue weighted by Crippen LogP contribution is -2.31. The molecule has 1 aromatic rings. The zero-order valence-electron chi connectivity index (χ0n) is 12.5. The summed E-state index contributed by atoms with van der Waals surface area (Å²) in [4.78, 5) is 6.80. The normalized spacial score (nSPS) is 18.2. The molecule has 0 fully saturated rings. The molecule has 1 aliphatic heterocycles. The predicted molar refractivity (Wildman–Crippen MR) is 81.2 cm³/mol. The van der Waals surface area contributed by atoms with Crippen LogP contribution in [0.25, 0.3) is 0 Å². The maximum absolute atomic E-state index is 5.82. The SMILES string of the molecule is CC(N)c1ccc(N2CC=C(C(C)(C)C)CC2)cn1. The van der Waals surface area contributed by atoms with Crippen molar-refractivity contribution in [3.05, 3.63) is 35.7 Å². The Labute approximate surface area is 116 Å². The molecule has 104 valence electrons. The summed E-state index contributed by atoms with van der Waals surface area (Å²) in [6.07, 6.45) is 5.44. The van der Waals surface area contributed by atoms with Crippen LogP contribution in [0.1, 0.15) is 45.9 Å². The Morgan fingerprint density at radius 2 is 2.05 bits per heavy atom. The first-order valence-corrected chi connectivity index (χ1v) is 7.04. The third-order valence-electron chi connectivity index (χ3n) is 3.77. The van der Waals surface area contributed by atoms with Crippen LogP contribution in [0, 0.1) is 5.41 Å². The number of aromatic nitrogens is 1. The summed E-state index contributed by atoms with van der Waals surface area (Å²) in [5, 5.41) is 0. The fourth-order valence-electron chi connectivity index (χ4n) is 2.44. The van der Waals surface area contributed by atoms with Crippen molar-refractivity contribution in [2.75, 3.05) is 18.0 Å². The first-order valence-electron chi connectivity index (χ1n) is 7.04. The predicted octanol–water partition coefficient (Wildman–Crippen LogP) is 3.28. The van der Waals surface area contributed by atoms with Crippen LogP contribution >= 0.6 is 0 Å². The molecule has 2 N–H and O–H groups in total. The van der Waals surface area contributed by atoms with Crippen LogP contribution in [0.2, 0.25) is 0 Å². The topological polar surface area (TPSA) is 42.1 Å². The van der Waals surface area contributed by atoms with Crippen molar-refractivity contribution in [2.24, 2.45) is 11.1 Å². The van der Waals surface area contributed by atoms with E-state index in [1.807, 2.05) is 19.2 Å². The van der Waals surface area contributed by atoms with Crippen LogP contribution in [-0.4, -0.2) is 18.1 Å². The zero-order valence-corrected chi connectivity index (χ0v) is 12.5. The van der Waals surface area contributed by atoms with Gasteiger partial charge in [0.1, 0.15) is 0 Å². The molecule has 0 bridgehead atoms. The number of rotatable bonds is 2. The maximum atomic E-state index is 5.82. The van der Waals surface area contributed by atoms with Crippen molar-refractivity contribution in [3.8, 4) is 0 Å². The van der Waals surface area contributed by atoms with Gasteiger partial charge in [-0.2, -0.15) is 0 Å². The van der Waals surface area contributed by atoms with Gasteiger partial charge in [-0.05, 0) is 30.9 Å². The molecule has 1 atom stereocenters. The lowest BCUT2D eigenvalue weighted by molar-refractivity contribution is 0.472. The molecule has 0 spiro atoms. The van der Waals surface area contributed by atoms with Crippen LogP contribution in [0.15, 0.2) is 30.0 Å². The Kier molecular flexibility index (Phi) is 3.95. The molecule has 3 heteroatoms. The van der Waals surface area contributed by atoms with E-state index >= 15 is 0 Å². The molecular weight excluding hydrogens is 234 g/mol. The second kappa shape index (κ2) is 5.33. The van der Waals surface area contributed by atoms with Crippen LogP contribution in [0.5, 0.6) is 0 Å². The third kappa shape index (κ3) is 3.35. The van der Waals surface area contributed by atoms with E-state index in [2.05, 4.69) is 42.8 Å². The summed E-state index contributed by atoms with van der Waals surface area (Å²) in [6, 6.07) is 4.16. The van der Waals surface area contributed by atoms with E-state index in [0.717, 1.165) is 25.2 Å². The maximum Gasteiger partial charge on any atom is 0.0569 e. The van der Waals surface area contributed by atoms with E-state index in [1.165, 1.54) is 5.69 Å². The van der Waals surface area contributed by atoms with Crippen molar-refractivity contribution >= 4 is 5.69 Å². The highest BCUT2D eigenvalue weighted by Crippen LogP contribution is 2.31. The molecule has 0 aliphatic carbocycles. The summed E-state index contributed by atoms with van der Waals surface area (Å²) in [6.45, 7) is 10.9. The van der Waals surface area contributed by atoms with Gasteiger partial charge in [-0.1, -0.05) is 32.4 Å². The number of nitrogens with two attached hydrogens (primary N) is 1. The molecule has 0 saturated heterocycles. The van der Waals surface area contributed by atoms with Gasteiger partial charge in [0, 0.05) is 19.1 Å². The van der Waals surface area contributed by atoms with Gasteiger partial charge in [-0.25, -0.2) is 0 Å². The summed E-state index contributed by atoms with van der Waals surface area (Å²) in [5.74, 6) is 0. The molecule has 1 aromatic heterocycles. The number of nitrogens with zero attached hydrogens (tertiary/aromatic N) is 2. The quantitative estimate of drug-likeness (QED) is 0.829. The summed E-state index contributed by atoms with van der Waals surface area (Å²) in [5.41, 5.74) is 9.82. The molecule has 1 aliphatic rings. The smallest absolute Gasteiger partial charge is 0.0569 e. The van der Waals surface area contributed by atoms with Gasteiger partial charge in [-0.15, -0.1) is 0 Å². The van der Waals surface area contributed by atoms with Gasteiger partial charge >= 0.3 is 0 Å². The highest BCUT2D eigenvalue weighted by Gasteiger charge is 2.21. The number of pyridine rings is 1. The molecule has 19 heavy (non-hydrogen) atoms. The first kappa shape index (κ1) is 14.1. The molecule has 0 saturated carbocycles. The lowest BCUT2D eigenvalue weighted by Gasteiger charge is -2.33. The molecule has 2 heterocycles. The lowest BCUT2D eigenvalue weighted by atomic mass is 9.83. The number of hydrogen-bond donors (Lipinski definition) is 1. The Hall–Kier alpha value is -1.35. The minimum absolute atomic E-state index is 0.00259. The van der Waals surface area contributed by atoms with Crippen molar-refractivity contribution in [1.82, 2.24) is 4.98 Å². The standard InChI is InChI=1S/C16H25N3/c1-12(17)15-6-5-14(11-18-15)19-9-7-13(8-10-19)16(2,3)4/h5-7,11-12H,8-10,17H2,1-4H3. The van der Waals surface area contributed by atoms with Crippen molar-refractivity contribution < 1.29 is 0 Å². The van der Waals surface area contributed by atoms with Crippen molar-refractivity contribution in [1.29, 1.82) is 0 Å². The van der Waals surface area contributed by atoms with E-state index in [9.17, 15) is 0 Å². The second-order valence-corrected chi connectivity index (χ2v) is 6.41. The number of hydrogen-bond acceptors (Lipinski definition) is 3. The Bertz CT molecular complexity index is 452. The molecule has 1 unspecified atom stereocenters. The summed E-state index contributed by atoms with van der Waals surface area (Å²) in [7, 11) is 0. The highest BCUT2D eigenvalue weighted by atomic mass is 15.1. The average molecular weight is 259 g/mol. The van der Waals surface area contributed by atoms with Gasteiger partial charge in [0.15, 0.2) is 0 Å². The molecule has 0 amide bonds. The molecule has 2 rings (SSSR count). The van der Waals surface area contributed by atoms with E-state index in [4.69, 9.17) is 5.73 Å². The van der Waals surface area contributed by atoms with E-state index < -0.39 is 0 Å². The van der Waals surface area contributed by atoms with Crippen LogP contribution in [0.4, 0.5) is 5.69 Å². The third-order valence-corrected chi connectivity index (χ3v) is 3.77. The molecular formula is C16H25N3. The average Bonchev–Trinajstić information content (AvgIpc) is 2.38. The van der Waals surface area contributed by atoms with Crippen LogP contribution in [0.3, 0.4) is 0 Å². The highest BCUT2D eigenvalue weighted by molar-refractivity contribution is 5.47. The molecule has 0 aromatic carbocycles. The van der Waals surface area contributed by atoms with Gasteiger partial charge in [-0.3, -0.25) is 4.98 Å². The van der Waals surface area contributed by atoms with Gasteiger partial charge < -0.3 is 10.6 Å². The van der Waals surface area contributed by atoms with Crippen LogP contribution in [-0.2, 0) is 0 Å². The zero-order chi connectivity index (χ0) is 14.0. The molecule has 0 radical (unpaired) electrons. The summed E-state index contributed by atoms with van der Waals surface area (Å²) >= 11 is 0. The van der Waals surface area contributed by atoms with E-state index in [0.29, 0.717) is 5.41 Å². The first-order chi connectivity index (χ1) is 8.88. The van der Waals surface area contributed by atoms with E-state index in [1.54, 1.807) is 5.57 Å². The van der Waals surface area contributed by atoms with Crippen molar-refractivity contribution in [2.45, 2.75) is 40.2 Å². The van der Waals surface area contributed by atoms with E-state index in [-0.39, 0.29) is 6.04 Å². The number of anilines is 1. The molecule has 3 nitrogen and oxygen atoms in total. The Balaban J connectivity index is 2.07. The van der Waals surface area contributed by atoms with Crippen molar-refractivity contribution in [3.63, 3.8) is 0 Å². The minimum Gasteiger partial charge on any atom is -0.366 e.